The van der Waals surface area contributed by atoms with Gasteiger partial charge in [-0.25, -0.2) is 22.2 Å². The van der Waals surface area contributed by atoms with Crippen LogP contribution < -0.4 is 4.74 Å². The number of ether oxygens (including phenoxy) is 1. The lowest BCUT2D eigenvalue weighted by Crippen LogP contribution is -2.20. The van der Waals surface area contributed by atoms with Crippen molar-refractivity contribution >= 4 is 25.4 Å². The third-order valence-corrected chi connectivity index (χ3v) is 3.15. The molecule has 7 nitrogen and oxygen atoms in total. The molecule has 0 radical (unpaired) electrons. The topological polar surface area (TPSA) is 99.4 Å². The highest BCUT2D eigenvalue weighted by Crippen LogP contribution is 2.38. The molecule has 0 aromatic carbocycles. The van der Waals surface area contributed by atoms with E-state index in [1.807, 2.05) is 0 Å². The molecule has 1 rings (SSSR count). The van der Waals surface area contributed by atoms with Gasteiger partial charge in [0.05, 0.1) is 4.92 Å². The van der Waals surface area contributed by atoms with E-state index in [0.717, 1.165) is 0 Å². The van der Waals surface area contributed by atoms with Gasteiger partial charge in [-0.15, -0.1) is 13.2 Å². The van der Waals surface area contributed by atoms with Crippen LogP contribution in [0.2, 0.25) is 0 Å². The van der Waals surface area contributed by atoms with Crippen LogP contribution in [0.15, 0.2) is 11.0 Å². The van der Waals surface area contributed by atoms with Gasteiger partial charge in [0.15, 0.2) is 0 Å². The van der Waals surface area contributed by atoms with Gasteiger partial charge in [-0.2, -0.15) is 0 Å². The van der Waals surface area contributed by atoms with Gasteiger partial charge in [-0.3, -0.25) is 10.1 Å². The molecule has 0 fully saturated rings. The standard InChI is InChI=1S/C7H2ClF5N2O5S/c8-21(18,19)4-3(15(16)17)1-2(5(9)10)14-6(4)20-7(11,12)13/h1,5H. The Labute approximate surface area is 116 Å². The molecular formula is C7H2ClF5N2O5S. The molecule has 118 valence electrons. The quantitative estimate of drug-likeness (QED) is 0.356. The molecule has 0 aliphatic carbocycles. The van der Waals surface area contributed by atoms with Crippen molar-refractivity contribution in [3.63, 3.8) is 0 Å². The summed E-state index contributed by atoms with van der Waals surface area (Å²) < 4.78 is 86.6. The normalized spacial score (nSPS) is 12.5. The third kappa shape index (κ3) is 4.35. The fourth-order valence-corrected chi connectivity index (χ4v) is 2.29. The van der Waals surface area contributed by atoms with E-state index < -0.39 is 48.9 Å². The summed E-state index contributed by atoms with van der Waals surface area (Å²) in [6.45, 7) is 0. The maximum absolute atomic E-state index is 12.4. The van der Waals surface area contributed by atoms with E-state index in [1.54, 1.807) is 0 Å². The lowest BCUT2D eigenvalue weighted by Gasteiger charge is -2.12. The number of hydrogen-bond donors (Lipinski definition) is 0. The predicted molar refractivity (Wildman–Crippen MR) is 55.6 cm³/mol. The molecule has 14 heteroatoms. The average Bonchev–Trinajstić information content (AvgIpc) is 2.23. The van der Waals surface area contributed by atoms with E-state index in [9.17, 15) is 40.5 Å². The first-order valence-corrected chi connectivity index (χ1v) is 6.81. The minimum absolute atomic E-state index is 0.0107. The molecule has 21 heavy (non-hydrogen) atoms. The van der Waals surface area contributed by atoms with Gasteiger partial charge in [-0.1, -0.05) is 0 Å². The molecule has 0 atom stereocenters. The molecule has 0 spiro atoms. The molecule has 0 aliphatic rings. The Morgan fingerprint density at radius 2 is 1.90 bits per heavy atom. The summed E-state index contributed by atoms with van der Waals surface area (Å²) in [4.78, 5) is 9.97. The van der Waals surface area contributed by atoms with Crippen LogP contribution in [0.1, 0.15) is 12.1 Å². The van der Waals surface area contributed by atoms with Crippen molar-refractivity contribution < 1.29 is 40.0 Å². The largest absolute Gasteiger partial charge is 0.574 e. The van der Waals surface area contributed by atoms with Gasteiger partial charge in [0, 0.05) is 16.7 Å². The zero-order chi connectivity index (χ0) is 16.6. The first kappa shape index (κ1) is 17.3. The number of aromatic nitrogens is 1. The van der Waals surface area contributed by atoms with Crippen LogP contribution >= 0.6 is 10.7 Å². The van der Waals surface area contributed by atoms with Crippen molar-refractivity contribution in [3.8, 4) is 5.88 Å². The lowest BCUT2D eigenvalue weighted by atomic mass is 10.3. The lowest BCUT2D eigenvalue weighted by molar-refractivity contribution is -0.388. The zero-order valence-electron chi connectivity index (χ0n) is 9.27. The Morgan fingerprint density at radius 3 is 2.24 bits per heavy atom. The molecule has 0 unspecified atom stereocenters. The summed E-state index contributed by atoms with van der Waals surface area (Å²) in [6, 6.07) is -0.0107. The van der Waals surface area contributed by atoms with E-state index in [-0.39, 0.29) is 6.07 Å². The first-order chi connectivity index (χ1) is 9.33. The second-order valence-electron chi connectivity index (χ2n) is 3.24. The van der Waals surface area contributed by atoms with Crippen LogP contribution in [0.25, 0.3) is 0 Å². The highest BCUT2D eigenvalue weighted by molar-refractivity contribution is 8.14. The smallest absolute Gasteiger partial charge is 0.386 e. The van der Waals surface area contributed by atoms with E-state index in [1.165, 1.54) is 0 Å². The molecular weight excluding hydrogens is 355 g/mol. The Balaban J connectivity index is 3.75. The van der Waals surface area contributed by atoms with Gasteiger partial charge in [0.25, 0.3) is 21.2 Å². The number of nitro groups is 1. The Morgan fingerprint density at radius 1 is 1.38 bits per heavy atom. The van der Waals surface area contributed by atoms with Crippen LogP contribution in [0, 0.1) is 10.1 Å². The molecule has 0 aliphatic heterocycles. The van der Waals surface area contributed by atoms with Gasteiger partial charge in [-0.05, 0) is 0 Å². The van der Waals surface area contributed by atoms with Gasteiger partial charge >= 0.3 is 6.36 Å². The Hall–Kier alpha value is -1.76. The van der Waals surface area contributed by atoms with Crippen LogP contribution in [-0.4, -0.2) is 24.7 Å². The van der Waals surface area contributed by atoms with E-state index in [2.05, 4.69) is 9.72 Å². The highest BCUT2D eigenvalue weighted by Gasteiger charge is 2.40. The van der Waals surface area contributed by atoms with Crippen molar-refractivity contribution in [2.45, 2.75) is 17.7 Å². The fraction of sp³-hybridized carbons (Fsp3) is 0.286. The summed E-state index contributed by atoms with van der Waals surface area (Å²) in [7, 11) is -0.359. The molecule has 0 saturated carbocycles. The van der Waals surface area contributed by atoms with E-state index in [0.29, 0.717) is 0 Å². The number of hydrogen-bond acceptors (Lipinski definition) is 6. The molecule has 1 heterocycles. The molecule has 0 N–H and O–H groups in total. The predicted octanol–water partition coefficient (Wildman–Crippen LogP) is 2.75. The monoisotopic (exact) mass is 356 g/mol. The van der Waals surface area contributed by atoms with Crippen molar-refractivity contribution in [1.82, 2.24) is 4.98 Å². The summed E-state index contributed by atoms with van der Waals surface area (Å²) in [5.41, 5.74) is -3.10. The molecule has 0 amide bonds. The number of halogens is 6. The van der Waals surface area contributed by atoms with E-state index >= 15 is 0 Å². The first-order valence-electron chi connectivity index (χ1n) is 4.51. The highest BCUT2D eigenvalue weighted by atomic mass is 35.7. The van der Waals surface area contributed by atoms with Crippen molar-refractivity contribution in [3.05, 3.63) is 21.9 Å². The van der Waals surface area contributed by atoms with Crippen LogP contribution in [-0.2, 0) is 9.05 Å². The molecule has 0 bridgehead atoms. The molecule has 1 aromatic rings. The SMILES string of the molecule is O=[N+]([O-])c1cc(C(F)F)nc(OC(F)(F)F)c1S(=O)(=O)Cl. The number of pyridine rings is 1. The van der Waals surface area contributed by atoms with Crippen LogP contribution in [0.5, 0.6) is 5.88 Å². The minimum Gasteiger partial charge on any atom is -0.386 e. The zero-order valence-corrected chi connectivity index (χ0v) is 10.8. The van der Waals surface area contributed by atoms with Gasteiger partial charge in [0.1, 0.15) is 5.69 Å². The number of rotatable bonds is 4. The van der Waals surface area contributed by atoms with Gasteiger partial charge < -0.3 is 4.74 Å². The second-order valence-corrected chi connectivity index (χ2v) is 5.75. The van der Waals surface area contributed by atoms with Crippen LogP contribution in [0.3, 0.4) is 0 Å². The van der Waals surface area contributed by atoms with Crippen molar-refractivity contribution in [2.75, 3.05) is 0 Å². The van der Waals surface area contributed by atoms with Gasteiger partial charge in [0.2, 0.25) is 10.8 Å². The Bertz CT molecular complexity index is 677. The molecule has 0 saturated heterocycles. The maximum Gasteiger partial charge on any atom is 0.574 e. The average molecular weight is 357 g/mol. The van der Waals surface area contributed by atoms with Crippen LogP contribution in [0.4, 0.5) is 27.6 Å². The second kappa shape index (κ2) is 5.55. The van der Waals surface area contributed by atoms with Crippen molar-refractivity contribution in [1.29, 1.82) is 0 Å². The third-order valence-electron chi connectivity index (χ3n) is 1.82. The molecule has 1 aromatic heterocycles. The van der Waals surface area contributed by atoms with E-state index in [4.69, 9.17) is 10.7 Å². The maximum atomic E-state index is 12.4. The Kier molecular flexibility index (Phi) is 4.57. The number of nitrogens with zero attached hydrogens (tertiary/aromatic N) is 2. The summed E-state index contributed by atoms with van der Waals surface area (Å²) in [6.07, 6.45) is -9.04. The fourth-order valence-electron chi connectivity index (χ4n) is 1.17. The summed E-state index contributed by atoms with van der Waals surface area (Å²) in [5.74, 6) is -1.96. The number of alkyl halides is 5. The summed E-state index contributed by atoms with van der Waals surface area (Å²) >= 11 is 0. The minimum atomic E-state index is -5.53. The van der Waals surface area contributed by atoms with Crippen molar-refractivity contribution in [2.24, 2.45) is 0 Å². The summed E-state index contributed by atoms with van der Waals surface area (Å²) in [5, 5.41) is 10.6.